The third-order valence-electron chi connectivity index (χ3n) is 6.36. The van der Waals surface area contributed by atoms with Crippen molar-refractivity contribution < 1.29 is 23.7 Å². The molecule has 0 N–H and O–H groups in total. The molecule has 0 spiro atoms. The number of hydrogen-bond donors (Lipinski definition) is 0. The predicted octanol–water partition coefficient (Wildman–Crippen LogP) is 5.58. The van der Waals surface area contributed by atoms with Crippen molar-refractivity contribution in [1.82, 2.24) is 9.80 Å². The molecular weight excluding hydrogens is 492 g/mol. The smallest absolute Gasteiger partial charge is 0.308 e. The first-order valence-electron chi connectivity index (χ1n) is 13.2. The van der Waals surface area contributed by atoms with E-state index in [-0.39, 0.29) is 18.9 Å². The van der Waals surface area contributed by atoms with Crippen LogP contribution in [0.1, 0.15) is 37.0 Å². The molecule has 0 amide bonds. The number of fused-ring (bicyclic) bond motifs is 1. The van der Waals surface area contributed by atoms with Crippen molar-refractivity contribution in [2.75, 3.05) is 48.1 Å². The highest BCUT2D eigenvalue weighted by atomic mass is 16.7. The molecule has 4 rings (SSSR count). The van der Waals surface area contributed by atoms with Crippen molar-refractivity contribution in [2.45, 2.75) is 26.4 Å². The molecule has 0 saturated heterocycles. The molecule has 0 atom stereocenters. The predicted molar refractivity (Wildman–Crippen MR) is 154 cm³/mol. The molecule has 3 aromatic carbocycles. The molecular formula is C32H38N2O5. The molecule has 1 aliphatic rings. The minimum Gasteiger partial charge on any atom is -0.488 e. The molecule has 1 heterocycles. The normalized spacial score (nSPS) is 13.2. The highest BCUT2D eigenvalue weighted by molar-refractivity contribution is 5.99. The fraction of sp³-hybridized carbons (Fsp3) is 0.344. The number of esters is 1. The highest BCUT2D eigenvalue weighted by Crippen LogP contribution is 2.40. The van der Waals surface area contributed by atoms with Crippen LogP contribution in [0.4, 0.5) is 0 Å². The SMILES string of the molecule is CCC(=C(c1ccc(OC(C)=O)cc1)c1ccc(OC(CN(C)C)CN(C)C)cc1)c1ccc2c(c1)OCO2. The Hall–Kier alpha value is -3.81. The van der Waals surface area contributed by atoms with Gasteiger partial charge in [-0.25, -0.2) is 0 Å². The average molecular weight is 531 g/mol. The van der Waals surface area contributed by atoms with Gasteiger partial charge < -0.3 is 28.7 Å². The molecule has 0 fully saturated rings. The molecule has 7 heteroatoms. The van der Waals surface area contributed by atoms with Gasteiger partial charge in [-0.3, -0.25) is 4.79 Å². The Morgan fingerprint density at radius 2 is 1.33 bits per heavy atom. The lowest BCUT2D eigenvalue weighted by Gasteiger charge is -2.25. The standard InChI is InChI=1S/C32H38N2O5/c1-7-29(25-12-17-30-31(18-25)37-21-36-30)32(23-8-13-26(14-9-23)38-22(2)35)24-10-15-27(16-11-24)39-28(19-33(3)4)20-34(5)6/h8-18,28H,7,19-21H2,1-6H3. The Bertz CT molecular complexity index is 1290. The molecule has 0 saturated carbocycles. The molecule has 0 unspecified atom stereocenters. The summed E-state index contributed by atoms with van der Waals surface area (Å²) in [6.45, 7) is 5.43. The van der Waals surface area contributed by atoms with Gasteiger partial charge in [-0.15, -0.1) is 0 Å². The molecule has 39 heavy (non-hydrogen) atoms. The number of rotatable bonds is 11. The van der Waals surface area contributed by atoms with E-state index in [0.29, 0.717) is 5.75 Å². The maximum atomic E-state index is 11.4. The van der Waals surface area contributed by atoms with E-state index in [9.17, 15) is 4.79 Å². The zero-order valence-corrected chi connectivity index (χ0v) is 23.7. The third-order valence-corrected chi connectivity index (χ3v) is 6.36. The van der Waals surface area contributed by atoms with Crippen LogP contribution < -0.4 is 18.9 Å². The van der Waals surface area contributed by atoms with Gasteiger partial charge in [0.25, 0.3) is 0 Å². The van der Waals surface area contributed by atoms with Crippen molar-refractivity contribution in [3.8, 4) is 23.0 Å². The molecule has 0 radical (unpaired) electrons. The minimum atomic E-state index is -0.342. The van der Waals surface area contributed by atoms with Crippen LogP contribution in [0.2, 0.25) is 0 Å². The second-order valence-electron chi connectivity index (χ2n) is 10.2. The van der Waals surface area contributed by atoms with E-state index >= 15 is 0 Å². The third kappa shape index (κ3) is 7.40. The van der Waals surface area contributed by atoms with Gasteiger partial charge in [-0.05, 0) is 98.8 Å². The maximum absolute atomic E-state index is 11.4. The van der Waals surface area contributed by atoms with E-state index in [2.05, 4.69) is 63.1 Å². The fourth-order valence-corrected chi connectivity index (χ4v) is 4.82. The highest BCUT2D eigenvalue weighted by Gasteiger charge is 2.19. The zero-order valence-electron chi connectivity index (χ0n) is 23.7. The van der Waals surface area contributed by atoms with Crippen LogP contribution in [-0.2, 0) is 4.79 Å². The summed E-state index contributed by atoms with van der Waals surface area (Å²) in [5.74, 6) is 2.51. The van der Waals surface area contributed by atoms with Gasteiger partial charge in [0, 0.05) is 20.0 Å². The summed E-state index contributed by atoms with van der Waals surface area (Å²) in [7, 11) is 8.23. The van der Waals surface area contributed by atoms with Crippen LogP contribution in [0.25, 0.3) is 11.1 Å². The van der Waals surface area contributed by atoms with E-state index < -0.39 is 0 Å². The van der Waals surface area contributed by atoms with Crippen LogP contribution in [0, 0.1) is 0 Å². The zero-order chi connectivity index (χ0) is 27.9. The van der Waals surface area contributed by atoms with Crippen LogP contribution in [0.3, 0.4) is 0 Å². The van der Waals surface area contributed by atoms with Gasteiger partial charge in [-0.1, -0.05) is 37.3 Å². The summed E-state index contributed by atoms with van der Waals surface area (Å²) in [5, 5.41) is 0. The summed E-state index contributed by atoms with van der Waals surface area (Å²) in [6.07, 6.45) is 0.844. The molecule has 206 valence electrons. The molecule has 1 aliphatic heterocycles. The summed E-state index contributed by atoms with van der Waals surface area (Å²) in [5.41, 5.74) is 5.41. The average Bonchev–Trinajstić information content (AvgIpc) is 3.35. The number of nitrogens with zero attached hydrogens (tertiary/aromatic N) is 2. The maximum Gasteiger partial charge on any atom is 0.308 e. The lowest BCUT2D eigenvalue weighted by Crippen LogP contribution is -2.38. The number of ether oxygens (including phenoxy) is 4. The van der Waals surface area contributed by atoms with Gasteiger partial charge >= 0.3 is 5.97 Å². The van der Waals surface area contributed by atoms with Crippen molar-refractivity contribution in [1.29, 1.82) is 0 Å². The lowest BCUT2D eigenvalue weighted by atomic mass is 9.88. The van der Waals surface area contributed by atoms with Crippen LogP contribution in [-0.4, -0.2) is 69.9 Å². The van der Waals surface area contributed by atoms with Gasteiger partial charge in [-0.2, -0.15) is 0 Å². The van der Waals surface area contributed by atoms with Gasteiger partial charge in [0.1, 0.15) is 17.6 Å². The Kier molecular flexibility index (Phi) is 9.28. The van der Waals surface area contributed by atoms with E-state index in [1.165, 1.54) is 12.5 Å². The first-order valence-corrected chi connectivity index (χ1v) is 13.2. The molecule has 0 aliphatic carbocycles. The van der Waals surface area contributed by atoms with Crippen LogP contribution in [0.5, 0.6) is 23.0 Å². The quantitative estimate of drug-likeness (QED) is 0.182. The lowest BCUT2D eigenvalue weighted by molar-refractivity contribution is -0.131. The summed E-state index contributed by atoms with van der Waals surface area (Å²) in [4.78, 5) is 15.7. The largest absolute Gasteiger partial charge is 0.488 e. The van der Waals surface area contributed by atoms with Crippen molar-refractivity contribution >= 4 is 17.1 Å². The second kappa shape index (κ2) is 12.8. The van der Waals surface area contributed by atoms with Crippen molar-refractivity contribution in [3.63, 3.8) is 0 Å². The van der Waals surface area contributed by atoms with E-state index in [4.69, 9.17) is 18.9 Å². The first-order chi connectivity index (χ1) is 18.7. The van der Waals surface area contributed by atoms with Crippen LogP contribution >= 0.6 is 0 Å². The number of hydrogen-bond acceptors (Lipinski definition) is 7. The minimum absolute atomic E-state index is 0.0459. The van der Waals surface area contributed by atoms with Crippen molar-refractivity contribution in [3.05, 3.63) is 83.4 Å². The second-order valence-corrected chi connectivity index (χ2v) is 10.2. The van der Waals surface area contributed by atoms with Crippen molar-refractivity contribution in [2.24, 2.45) is 0 Å². The van der Waals surface area contributed by atoms with Gasteiger partial charge in [0.05, 0.1) is 0 Å². The summed E-state index contributed by atoms with van der Waals surface area (Å²) < 4.78 is 22.9. The monoisotopic (exact) mass is 530 g/mol. The van der Waals surface area contributed by atoms with E-state index in [1.807, 2.05) is 48.5 Å². The number of carbonyl (C=O) groups is 1. The number of allylic oxidation sites excluding steroid dienone is 1. The Morgan fingerprint density at radius 3 is 1.87 bits per heavy atom. The number of carbonyl (C=O) groups excluding carboxylic acids is 1. The number of likely N-dealkylation sites (N-methyl/N-ethyl adjacent to an activating group) is 2. The van der Waals surface area contributed by atoms with Crippen LogP contribution in [0.15, 0.2) is 66.7 Å². The molecule has 7 nitrogen and oxygen atoms in total. The molecule has 0 bridgehead atoms. The Balaban J connectivity index is 1.74. The van der Waals surface area contributed by atoms with E-state index in [0.717, 1.165) is 59.0 Å². The summed E-state index contributed by atoms with van der Waals surface area (Å²) >= 11 is 0. The molecule has 3 aromatic rings. The topological polar surface area (TPSA) is 60.5 Å². The van der Waals surface area contributed by atoms with Gasteiger partial charge in [0.2, 0.25) is 6.79 Å². The fourth-order valence-electron chi connectivity index (χ4n) is 4.82. The van der Waals surface area contributed by atoms with E-state index in [1.54, 1.807) is 0 Å². The summed E-state index contributed by atoms with van der Waals surface area (Å²) in [6, 6.07) is 22.0. The first kappa shape index (κ1) is 28.2. The molecule has 0 aromatic heterocycles. The Labute approximate surface area is 231 Å². The number of benzene rings is 3. The Morgan fingerprint density at radius 1 is 0.795 bits per heavy atom. The van der Waals surface area contributed by atoms with Gasteiger partial charge in [0.15, 0.2) is 11.5 Å².